The molecule has 0 spiro atoms. The summed E-state index contributed by atoms with van der Waals surface area (Å²) in [7, 11) is 0. The standard InChI is InChI=1S/C18H21ClN2O3/c19-13-3-1-11-2-4-15(14(11)9-13)20-18(22)17-10-16(21-24-17)12-5-7-23-8-6-12/h1,3,9,12,15,17H,2,4-8,10H2,(H,20,22). The van der Waals surface area contributed by atoms with Crippen molar-refractivity contribution in [3.05, 3.63) is 34.3 Å². The minimum Gasteiger partial charge on any atom is -0.382 e. The van der Waals surface area contributed by atoms with Crippen LogP contribution in [0.15, 0.2) is 23.4 Å². The SMILES string of the molecule is O=C(NC1CCc2ccc(Cl)cc21)C1CC(C2CCOCC2)=NO1. The molecule has 6 heteroatoms. The van der Waals surface area contributed by atoms with E-state index in [1.807, 2.05) is 18.2 Å². The van der Waals surface area contributed by atoms with Gasteiger partial charge in [0.1, 0.15) is 0 Å². The number of nitrogens with one attached hydrogen (secondary N) is 1. The fraction of sp³-hybridized carbons (Fsp3) is 0.556. The van der Waals surface area contributed by atoms with E-state index < -0.39 is 6.10 Å². The largest absolute Gasteiger partial charge is 0.382 e. The highest BCUT2D eigenvalue weighted by molar-refractivity contribution is 6.30. The third-order valence-corrected chi connectivity index (χ3v) is 5.41. The first kappa shape index (κ1) is 15.9. The number of oxime groups is 1. The van der Waals surface area contributed by atoms with Crippen LogP contribution in [0.4, 0.5) is 0 Å². The number of nitrogens with zero attached hydrogens (tertiary/aromatic N) is 1. The summed E-state index contributed by atoms with van der Waals surface area (Å²) in [4.78, 5) is 18.0. The van der Waals surface area contributed by atoms with E-state index in [4.69, 9.17) is 21.2 Å². The second-order valence-electron chi connectivity index (χ2n) is 6.71. The lowest BCUT2D eigenvalue weighted by Crippen LogP contribution is -2.37. The molecule has 3 aliphatic rings. The molecule has 0 bridgehead atoms. The zero-order valence-electron chi connectivity index (χ0n) is 13.5. The maximum Gasteiger partial charge on any atom is 0.264 e. The van der Waals surface area contributed by atoms with E-state index in [9.17, 15) is 4.79 Å². The molecule has 1 aliphatic carbocycles. The maximum absolute atomic E-state index is 12.6. The molecule has 1 aromatic rings. The summed E-state index contributed by atoms with van der Waals surface area (Å²) < 4.78 is 5.38. The van der Waals surface area contributed by atoms with Crippen LogP contribution in [0.2, 0.25) is 5.02 Å². The van der Waals surface area contributed by atoms with Gasteiger partial charge in [0, 0.05) is 30.6 Å². The number of amides is 1. The fourth-order valence-corrected chi connectivity index (χ4v) is 3.98. The van der Waals surface area contributed by atoms with Crippen LogP contribution in [-0.4, -0.2) is 30.9 Å². The molecule has 1 amide bonds. The number of fused-ring (bicyclic) bond motifs is 1. The maximum atomic E-state index is 12.6. The van der Waals surface area contributed by atoms with Gasteiger partial charge in [0.25, 0.3) is 5.91 Å². The summed E-state index contributed by atoms with van der Waals surface area (Å²) in [5.74, 6) is 0.307. The molecule has 2 heterocycles. The smallest absolute Gasteiger partial charge is 0.264 e. The van der Waals surface area contributed by atoms with Crippen molar-refractivity contribution < 1.29 is 14.4 Å². The first-order valence-electron chi connectivity index (χ1n) is 8.60. The van der Waals surface area contributed by atoms with E-state index >= 15 is 0 Å². The van der Waals surface area contributed by atoms with Crippen LogP contribution < -0.4 is 5.32 Å². The molecule has 0 radical (unpaired) electrons. The Morgan fingerprint density at radius 2 is 2.08 bits per heavy atom. The summed E-state index contributed by atoms with van der Waals surface area (Å²) in [5, 5.41) is 7.99. The lowest BCUT2D eigenvalue weighted by atomic mass is 9.91. The van der Waals surface area contributed by atoms with Crippen molar-refractivity contribution in [1.29, 1.82) is 0 Å². The summed E-state index contributed by atoms with van der Waals surface area (Å²) in [6.45, 7) is 1.53. The topological polar surface area (TPSA) is 59.9 Å². The van der Waals surface area contributed by atoms with Gasteiger partial charge in [-0.25, -0.2) is 0 Å². The van der Waals surface area contributed by atoms with Crippen LogP contribution in [0.5, 0.6) is 0 Å². The van der Waals surface area contributed by atoms with Gasteiger partial charge in [-0.05, 0) is 48.9 Å². The molecular formula is C18H21ClN2O3. The lowest BCUT2D eigenvalue weighted by Gasteiger charge is -2.21. The van der Waals surface area contributed by atoms with Gasteiger partial charge < -0.3 is 14.9 Å². The van der Waals surface area contributed by atoms with Gasteiger partial charge >= 0.3 is 0 Å². The molecule has 1 N–H and O–H groups in total. The monoisotopic (exact) mass is 348 g/mol. The third kappa shape index (κ3) is 3.15. The quantitative estimate of drug-likeness (QED) is 0.913. The zero-order chi connectivity index (χ0) is 16.5. The highest BCUT2D eigenvalue weighted by atomic mass is 35.5. The molecule has 0 aromatic heterocycles. The van der Waals surface area contributed by atoms with E-state index in [1.165, 1.54) is 5.56 Å². The number of carbonyl (C=O) groups excluding carboxylic acids is 1. The zero-order valence-corrected chi connectivity index (χ0v) is 14.2. The molecule has 24 heavy (non-hydrogen) atoms. The van der Waals surface area contributed by atoms with E-state index in [0.29, 0.717) is 17.4 Å². The van der Waals surface area contributed by atoms with Gasteiger partial charge in [-0.15, -0.1) is 0 Å². The average molecular weight is 349 g/mol. The summed E-state index contributed by atoms with van der Waals surface area (Å²) in [5.41, 5.74) is 3.39. The highest BCUT2D eigenvalue weighted by Crippen LogP contribution is 2.33. The van der Waals surface area contributed by atoms with Crippen LogP contribution in [0, 0.1) is 5.92 Å². The number of carbonyl (C=O) groups is 1. The number of benzene rings is 1. The second kappa shape index (κ2) is 6.73. The fourth-order valence-electron chi connectivity index (χ4n) is 3.80. The first-order valence-corrected chi connectivity index (χ1v) is 8.97. The van der Waals surface area contributed by atoms with Crippen molar-refractivity contribution in [2.75, 3.05) is 13.2 Å². The molecule has 1 aromatic carbocycles. The van der Waals surface area contributed by atoms with E-state index in [0.717, 1.165) is 50.2 Å². The summed E-state index contributed by atoms with van der Waals surface area (Å²) >= 11 is 6.09. The Morgan fingerprint density at radius 1 is 1.25 bits per heavy atom. The number of hydrogen-bond donors (Lipinski definition) is 1. The predicted octanol–water partition coefficient (Wildman–Crippen LogP) is 3.02. The van der Waals surface area contributed by atoms with E-state index in [1.54, 1.807) is 0 Å². The molecule has 5 nitrogen and oxygen atoms in total. The number of rotatable bonds is 3. The Hall–Kier alpha value is -1.59. The molecule has 1 saturated heterocycles. The molecule has 1 fully saturated rings. The Labute approximate surface area is 146 Å². The normalized spacial score (nSPS) is 26.6. The van der Waals surface area contributed by atoms with Crippen LogP contribution >= 0.6 is 11.6 Å². The van der Waals surface area contributed by atoms with Crippen molar-refractivity contribution in [3.63, 3.8) is 0 Å². The van der Waals surface area contributed by atoms with Gasteiger partial charge in [-0.3, -0.25) is 4.79 Å². The van der Waals surface area contributed by atoms with Gasteiger partial charge in [0.2, 0.25) is 6.10 Å². The van der Waals surface area contributed by atoms with Gasteiger partial charge in [0.15, 0.2) is 0 Å². The third-order valence-electron chi connectivity index (χ3n) is 5.18. The second-order valence-corrected chi connectivity index (χ2v) is 7.15. The lowest BCUT2D eigenvalue weighted by molar-refractivity contribution is -0.131. The first-order chi connectivity index (χ1) is 11.7. The van der Waals surface area contributed by atoms with Crippen molar-refractivity contribution >= 4 is 23.2 Å². The number of aryl methyl sites for hydroxylation is 1. The van der Waals surface area contributed by atoms with Crippen molar-refractivity contribution in [2.45, 2.75) is 44.2 Å². The molecule has 0 saturated carbocycles. The van der Waals surface area contributed by atoms with E-state index in [-0.39, 0.29) is 11.9 Å². The average Bonchev–Trinajstić information content (AvgIpc) is 3.23. The molecule has 2 aliphatic heterocycles. The van der Waals surface area contributed by atoms with Crippen LogP contribution in [0.1, 0.15) is 42.9 Å². The Kier molecular flexibility index (Phi) is 4.46. The number of hydrogen-bond acceptors (Lipinski definition) is 4. The minimum absolute atomic E-state index is 0.0157. The number of halogens is 1. The minimum atomic E-state index is -0.508. The van der Waals surface area contributed by atoms with Crippen LogP contribution in [0.3, 0.4) is 0 Å². The van der Waals surface area contributed by atoms with Crippen molar-refractivity contribution in [3.8, 4) is 0 Å². The predicted molar refractivity (Wildman–Crippen MR) is 91.1 cm³/mol. The van der Waals surface area contributed by atoms with Gasteiger partial charge in [0.05, 0.1) is 11.8 Å². The molecule has 2 unspecified atom stereocenters. The van der Waals surface area contributed by atoms with Crippen LogP contribution in [0.25, 0.3) is 0 Å². The van der Waals surface area contributed by atoms with Crippen molar-refractivity contribution in [2.24, 2.45) is 11.1 Å². The number of ether oxygens (including phenoxy) is 1. The summed E-state index contributed by atoms with van der Waals surface area (Å²) in [6.07, 6.45) is 3.88. The van der Waals surface area contributed by atoms with Crippen LogP contribution in [-0.2, 0) is 20.8 Å². The van der Waals surface area contributed by atoms with Crippen molar-refractivity contribution in [1.82, 2.24) is 5.32 Å². The van der Waals surface area contributed by atoms with Gasteiger partial charge in [-0.1, -0.05) is 22.8 Å². The molecule has 2 atom stereocenters. The van der Waals surface area contributed by atoms with Gasteiger partial charge in [-0.2, -0.15) is 0 Å². The summed E-state index contributed by atoms with van der Waals surface area (Å²) in [6, 6.07) is 5.91. The molecular weight excluding hydrogens is 328 g/mol. The Bertz CT molecular complexity index is 670. The molecule has 128 valence electrons. The highest BCUT2D eigenvalue weighted by Gasteiger charge is 2.34. The van der Waals surface area contributed by atoms with E-state index in [2.05, 4.69) is 10.5 Å². The Balaban J connectivity index is 1.36. The Morgan fingerprint density at radius 3 is 2.92 bits per heavy atom. The molecule has 4 rings (SSSR count).